The Morgan fingerprint density at radius 2 is 1.93 bits per heavy atom. The van der Waals surface area contributed by atoms with Crippen LogP contribution in [0.25, 0.3) is 0 Å². The highest BCUT2D eigenvalue weighted by atomic mass is 16.5. The first-order valence-corrected chi connectivity index (χ1v) is 4.95. The predicted octanol–water partition coefficient (Wildman–Crippen LogP) is 2.29. The average Bonchev–Trinajstić information content (AvgIpc) is 2.82. The van der Waals surface area contributed by atoms with Crippen molar-refractivity contribution in [2.45, 2.75) is 32.3 Å². The minimum Gasteiger partial charge on any atom is -0.496 e. The van der Waals surface area contributed by atoms with Crippen molar-refractivity contribution >= 4 is 0 Å². The largest absolute Gasteiger partial charge is 0.496 e. The maximum Gasteiger partial charge on any atom is 0.125 e. The third kappa shape index (κ3) is 1.40. The summed E-state index contributed by atoms with van der Waals surface area (Å²) >= 11 is 0. The Labute approximate surface area is 84.5 Å². The molecule has 1 saturated carbocycles. The number of aliphatic hydroxyl groups is 1. The van der Waals surface area contributed by atoms with E-state index >= 15 is 0 Å². The minimum absolute atomic E-state index is 0.608. The molecule has 76 valence electrons. The van der Waals surface area contributed by atoms with Gasteiger partial charge in [0.15, 0.2) is 0 Å². The van der Waals surface area contributed by atoms with E-state index < -0.39 is 5.60 Å². The van der Waals surface area contributed by atoms with Gasteiger partial charge in [-0.3, -0.25) is 0 Å². The molecule has 1 fully saturated rings. The molecule has 1 aliphatic rings. The molecule has 0 bridgehead atoms. The predicted molar refractivity (Wildman–Crippen MR) is 55.6 cm³/mol. The van der Waals surface area contributed by atoms with Crippen molar-refractivity contribution < 1.29 is 9.84 Å². The van der Waals surface area contributed by atoms with Gasteiger partial charge in [0.25, 0.3) is 0 Å². The topological polar surface area (TPSA) is 29.5 Å². The van der Waals surface area contributed by atoms with Crippen molar-refractivity contribution in [3.8, 4) is 5.75 Å². The van der Waals surface area contributed by atoms with Gasteiger partial charge in [-0.15, -0.1) is 0 Å². The highest BCUT2D eigenvalue weighted by molar-refractivity contribution is 5.48. The molecule has 0 atom stereocenters. The molecule has 0 amide bonds. The lowest BCUT2D eigenvalue weighted by molar-refractivity contribution is 0.146. The number of methoxy groups -OCH3 is 1. The average molecular weight is 192 g/mol. The van der Waals surface area contributed by atoms with E-state index in [1.165, 1.54) is 5.56 Å². The van der Waals surface area contributed by atoms with Crippen molar-refractivity contribution in [3.63, 3.8) is 0 Å². The lowest BCUT2D eigenvalue weighted by Gasteiger charge is -2.17. The van der Waals surface area contributed by atoms with Gasteiger partial charge in [-0.1, -0.05) is 6.07 Å². The Hall–Kier alpha value is -1.02. The number of rotatable bonds is 2. The third-order valence-electron chi connectivity index (χ3n) is 2.85. The maximum atomic E-state index is 10.1. The van der Waals surface area contributed by atoms with Crippen LogP contribution in [0.4, 0.5) is 0 Å². The number of hydrogen-bond donors (Lipinski definition) is 1. The summed E-state index contributed by atoms with van der Waals surface area (Å²) in [6, 6.07) is 4.08. The highest BCUT2D eigenvalue weighted by Gasteiger charge is 2.45. The van der Waals surface area contributed by atoms with E-state index in [4.69, 9.17) is 4.74 Å². The smallest absolute Gasteiger partial charge is 0.125 e. The highest BCUT2D eigenvalue weighted by Crippen LogP contribution is 2.50. The fourth-order valence-electron chi connectivity index (χ4n) is 2.05. The monoisotopic (exact) mass is 192 g/mol. The van der Waals surface area contributed by atoms with Crippen LogP contribution in [0.1, 0.15) is 29.5 Å². The zero-order valence-corrected chi connectivity index (χ0v) is 8.92. The van der Waals surface area contributed by atoms with Crippen LogP contribution in [0.5, 0.6) is 5.75 Å². The van der Waals surface area contributed by atoms with E-state index in [-0.39, 0.29) is 0 Å². The molecule has 1 N–H and O–H groups in total. The van der Waals surface area contributed by atoms with E-state index in [9.17, 15) is 5.11 Å². The zero-order valence-electron chi connectivity index (χ0n) is 8.92. The summed E-state index contributed by atoms with van der Waals surface area (Å²) in [5.74, 6) is 0.822. The molecule has 2 nitrogen and oxygen atoms in total. The molecule has 0 spiro atoms. The maximum absolute atomic E-state index is 10.1. The molecule has 0 radical (unpaired) electrons. The molecule has 1 aromatic carbocycles. The van der Waals surface area contributed by atoms with Crippen LogP contribution in [0.3, 0.4) is 0 Å². The molecule has 2 rings (SSSR count). The third-order valence-corrected chi connectivity index (χ3v) is 2.85. The van der Waals surface area contributed by atoms with Crippen molar-refractivity contribution in [2.24, 2.45) is 0 Å². The fourth-order valence-corrected chi connectivity index (χ4v) is 2.05. The molecule has 0 saturated heterocycles. The first-order chi connectivity index (χ1) is 6.57. The number of hydrogen-bond acceptors (Lipinski definition) is 2. The van der Waals surface area contributed by atoms with E-state index in [1.807, 2.05) is 19.9 Å². The van der Waals surface area contributed by atoms with Crippen LogP contribution in [-0.4, -0.2) is 12.2 Å². The first kappa shape index (κ1) is 9.53. The second-order valence-electron chi connectivity index (χ2n) is 4.19. The van der Waals surface area contributed by atoms with Crippen LogP contribution in [-0.2, 0) is 5.60 Å². The van der Waals surface area contributed by atoms with Gasteiger partial charge in [-0.05, 0) is 43.9 Å². The minimum atomic E-state index is -0.608. The van der Waals surface area contributed by atoms with Gasteiger partial charge in [-0.25, -0.2) is 0 Å². The second-order valence-corrected chi connectivity index (χ2v) is 4.19. The molecule has 0 unspecified atom stereocenters. The normalized spacial score (nSPS) is 18.0. The van der Waals surface area contributed by atoms with E-state index in [0.29, 0.717) is 0 Å². The van der Waals surface area contributed by atoms with E-state index in [1.54, 1.807) is 7.11 Å². The molecule has 1 aromatic rings. The van der Waals surface area contributed by atoms with Crippen molar-refractivity contribution in [1.82, 2.24) is 0 Å². The summed E-state index contributed by atoms with van der Waals surface area (Å²) < 4.78 is 5.31. The summed E-state index contributed by atoms with van der Waals surface area (Å²) in [6.45, 7) is 4.07. The molecular weight excluding hydrogens is 176 g/mol. The summed E-state index contributed by atoms with van der Waals surface area (Å²) in [6.07, 6.45) is 1.71. The van der Waals surface area contributed by atoms with Gasteiger partial charge >= 0.3 is 0 Å². The van der Waals surface area contributed by atoms with Crippen molar-refractivity contribution in [3.05, 3.63) is 28.8 Å². The van der Waals surface area contributed by atoms with Crippen LogP contribution < -0.4 is 4.74 Å². The SMILES string of the molecule is COc1cc(C)cc(C)c1C1(O)CC1. The summed E-state index contributed by atoms with van der Waals surface area (Å²) in [4.78, 5) is 0. The molecule has 1 aliphatic carbocycles. The quantitative estimate of drug-likeness (QED) is 0.779. The van der Waals surface area contributed by atoms with Gasteiger partial charge in [0, 0.05) is 5.56 Å². The summed E-state index contributed by atoms with van der Waals surface area (Å²) in [7, 11) is 1.66. The lowest BCUT2D eigenvalue weighted by atomic mass is 9.98. The Morgan fingerprint density at radius 3 is 2.43 bits per heavy atom. The summed E-state index contributed by atoms with van der Waals surface area (Å²) in [5, 5.41) is 10.1. The van der Waals surface area contributed by atoms with Gasteiger partial charge in [0.2, 0.25) is 0 Å². The Bertz CT molecular complexity index is 365. The summed E-state index contributed by atoms with van der Waals surface area (Å²) in [5.41, 5.74) is 2.67. The molecule has 0 aliphatic heterocycles. The standard InChI is InChI=1S/C12H16O2/c1-8-6-9(2)11(10(7-8)14-3)12(13)4-5-12/h6-7,13H,4-5H2,1-3H3. The Morgan fingerprint density at radius 1 is 1.29 bits per heavy atom. The molecule has 2 heteroatoms. The molecular formula is C12H16O2. The molecule has 0 aromatic heterocycles. The van der Waals surface area contributed by atoms with Gasteiger partial charge in [-0.2, -0.15) is 0 Å². The lowest BCUT2D eigenvalue weighted by Crippen LogP contribution is -2.09. The van der Waals surface area contributed by atoms with Crippen molar-refractivity contribution in [2.75, 3.05) is 7.11 Å². The van der Waals surface area contributed by atoms with Crippen LogP contribution in [0.15, 0.2) is 12.1 Å². The van der Waals surface area contributed by atoms with E-state index in [2.05, 4.69) is 6.07 Å². The molecule has 0 heterocycles. The van der Waals surface area contributed by atoms with E-state index in [0.717, 1.165) is 29.7 Å². The van der Waals surface area contributed by atoms with Crippen LogP contribution in [0, 0.1) is 13.8 Å². The number of aryl methyl sites for hydroxylation is 2. The van der Waals surface area contributed by atoms with Gasteiger partial charge < -0.3 is 9.84 Å². The zero-order chi connectivity index (χ0) is 10.3. The Balaban J connectivity index is 2.56. The van der Waals surface area contributed by atoms with Crippen LogP contribution in [0.2, 0.25) is 0 Å². The fraction of sp³-hybridized carbons (Fsp3) is 0.500. The second kappa shape index (κ2) is 2.99. The first-order valence-electron chi connectivity index (χ1n) is 4.95. The van der Waals surface area contributed by atoms with Gasteiger partial charge in [0.05, 0.1) is 12.7 Å². The number of ether oxygens (including phenoxy) is 1. The number of benzene rings is 1. The van der Waals surface area contributed by atoms with Crippen molar-refractivity contribution in [1.29, 1.82) is 0 Å². The van der Waals surface area contributed by atoms with Crippen LogP contribution >= 0.6 is 0 Å². The van der Waals surface area contributed by atoms with Gasteiger partial charge in [0.1, 0.15) is 5.75 Å². The molecule has 14 heavy (non-hydrogen) atoms. The Kier molecular flexibility index (Phi) is 2.04.